The molecule has 10 atom stereocenters. The van der Waals surface area contributed by atoms with Crippen LogP contribution in [-0.4, -0.2) is 126 Å². The molecule has 2 aliphatic heterocycles. The van der Waals surface area contributed by atoms with Crippen LogP contribution in [0.3, 0.4) is 0 Å². The van der Waals surface area contributed by atoms with E-state index in [1.807, 2.05) is 0 Å². The maximum absolute atomic E-state index is 13.0. The van der Waals surface area contributed by atoms with Crippen LogP contribution in [0, 0.1) is 0 Å². The summed E-state index contributed by atoms with van der Waals surface area (Å²) in [6.45, 7) is 0. The van der Waals surface area contributed by atoms with Gasteiger partial charge in [0.25, 0.3) is 0 Å². The van der Waals surface area contributed by atoms with Crippen LogP contribution in [0.2, 0.25) is 0 Å². The van der Waals surface area contributed by atoms with Crippen molar-refractivity contribution in [2.45, 2.75) is 61.4 Å². The normalized spacial score (nSPS) is 31.3. The lowest BCUT2D eigenvalue weighted by Crippen LogP contribution is -2.61. The van der Waals surface area contributed by atoms with E-state index in [2.05, 4.69) is 0 Å². The quantitative estimate of drug-likeness (QED) is 0.124. The van der Waals surface area contributed by atoms with Crippen molar-refractivity contribution in [1.29, 1.82) is 0 Å². The van der Waals surface area contributed by atoms with Gasteiger partial charge in [-0.2, -0.15) is 0 Å². The lowest BCUT2D eigenvalue weighted by Gasteiger charge is -2.38. The van der Waals surface area contributed by atoms with Gasteiger partial charge in [0.15, 0.2) is 29.1 Å². The molecule has 2 aliphatic rings. The molecule has 46 heavy (non-hydrogen) atoms. The van der Waals surface area contributed by atoms with Crippen LogP contribution in [-0.2, 0) is 19.1 Å². The van der Waals surface area contributed by atoms with E-state index < -0.39 is 84.5 Å². The van der Waals surface area contributed by atoms with Gasteiger partial charge in [0.2, 0.25) is 12.6 Å². The number of aliphatic carboxylic acids is 2. The maximum atomic E-state index is 13.0. The minimum atomic E-state index is -1.97. The van der Waals surface area contributed by atoms with Crippen LogP contribution in [0.15, 0.2) is 45.6 Å². The topological polar surface area (TPSA) is 293 Å². The van der Waals surface area contributed by atoms with Gasteiger partial charge in [0.05, 0.1) is 7.11 Å². The van der Waals surface area contributed by atoms with Crippen LogP contribution in [0.5, 0.6) is 23.0 Å². The molecule has 0 radical (unpaired) electrons. The number of phenolic OH excluding ortho intramolecular Hbond substituents is 1. The third-order valence-electron chi connectivity index (χ3n) is 7.35. The average Bonchev–Trinajstić information content (AvgIpc) is 3.00. The van der Waals surface area contributed by atoms with Gasteiger partial charge in [-0.3, -0.25) is 4.79 Å². The van der Waals surface area contributed by atoms with Gasteiger partial charge in [-0.25, -0.2) is 9.59 Å². The molecule has 0 amide bonds. The number of aliphatic hydroxyl groups excluding tert-OH is 6. The highest BCUT2D eigenvalue weighted by molar-refractivity contribution is 5.86. The lowest BCUT2D eigenvalue weighted by atomic mass is 9.99. The van der Waals surface area contributed by atoms with Gasteiger partial charge in [-0.15, -0.1) is 0 Å². The number of phenols is 1. The Balaban J connectivity index is 1.47. The van der Waals surface area contributed by atoms with Crippen LogP contribution in [0.25, 0.3) is 22.3 Å². The highest BCUT2D eigenvalue weighted by Gasteiger charge is 2.49. The summed E-state index contributed by atoms with van der Waals surface area (Å²) in [5, 5.41) is 89.5. The molecule has 0 spiro atoms. The molecule has 5 rings (SSSR count). The summed E-state index contributed by atoms with van der Waals surface area (Å²) < 4.78 is 32.4. The predicted molar refractivity (Wildman–Crippen MR) is 146 cm³/mol. The summed E-state index contributed by atoms with van der Waals surface area (Å²) in [6.07, 6.45) is -19.2. The van der Waals surface area contributed by atoms with E-state index in [1.54, 1.807) is 0 Å². The number of ether oxygens (including phenoxy) is 5. The summed E-state index contributed by atoms with van der Waals surface area (Å²) in [5.74, 6) is -4.45. The van der Waals surface area contributed by atoms with Crippen molar-refractivity contribution in [2.75, 3.05) is 7.11 Å². The summed E-state index contributed by atoms with van der Waals surface area (Å²) in [5.41, 5.74) is -0.845. The van der Waals surface area contributed by atoms with Crippen LogP contribution in [0.4, 0.5) is 0 Å². The Bertz CT molecular complexity index is 1690. The minimum Gasteiger partial charge on any atom is -0.507 e. The fourth-order valence-electron chi connectivity index (χ4n) is 4.93. The van der Waals surface area contributed by atoms with Crippen molar-refractivity contribution in [3.05, 3.63) is 46.6 Å². The summed E-state index contributed by atoms with van der Waals surface area (Å²) in [6, 6.07) is 7.13. The third kappa shape index (κ3) is 6.02. The molecule has 2 saturated heterocycles. The van der Waals surface area contributed by atoms with Gasteiger partial charge in [0.1, 0.15) is 64.9 Å². The number of fused-ring (bicyclic) bond motifs is 1. The fourth-order valence-corrected chi connectivity index (χ4v) is 4.93. The first-order valence-corrected chi connectivity index (χ1v) is 13.4. The van der Waals surface area contributed by atoms with Crippen molar-refractivity contribution in [2.24, 2.45) is 0 Å². The average molecular weight is 653 g/mol. The largest absolute Gasteiger partial charge is 0.507 e. The minimum absolute atomic E-state index is 0.0431. The van der Waals surface area contributed by atoms with Gasteiger partial charge in [-0.1, -0.05) is 0 Å². The Morgan fingerprint density at radius 1 is 0.717 bits per heavy atom. The number of hydrogen-bond acceptors (Lipinski definition) is 16. The van der Waals surface area contributed by atoms with E-state index in [9.17, 15) is 60.3 Å². The second kappa shape index (κ2) is 12.7. The zero-order valence-corrected chi connectivity index (χ0v) is 23.4. The maximum Gasteiger partial charge on any atom is 0.335 e. The van der Waals surface area contributed by atoms with Crippen molar-refractivity contribution in [3.8, 4) is 34.3 Å². The highest BCUT2D eigenvalue weighted by atomic mass is 16.7. The first-order valence-electron chi connectivity index (χ1n) is 13.4. The van der Waals surface area contributed by atoms with Crippen molar-refractivity contribution in [3.63, 3.8) is 0 Å². The Labute approximate surface area is 256 Å². The number of methoxy groups -OCH3 is 1. The molecule has 0 bridgehead atoms. The molecule has 248 valence electrons. The molecule has 0 aliphatic carbocycles. The number of benzene rings is 2. The van der Waals surface area contributed by atoms with E-state index in [0.29, 0.717) is 0 Å². The van der Waals surface area contributed by atoms with Gasteiger partial charge >= 0.3 is 11.9 Å². The number of aliphatic hydroxyl groups is 6. The monoisotopic (exact) mass is 652 g/mol. The second-order valence-corrected chi connectivity index (χ2v) is 10.4. The highest BCUT2D eigenvalue weighted by Crippen LogP contribution is 2.37. The zero-order chi connectivity index (χ0) is 33.6. The van der Waals surface area contributed by atoms with E-state index in [4.69, 9.17) is 28.1 Å². The molecule has 2 fully saturated rings. The number of carboxylic acid groups (broad SMARTS) is 2. The Morgan fingerprint density at radius 2 is 1.28 bits per heavy atom. The van der Waals surface area contributed by atoms with Crippen LogP contribution in [0.1, 0.15) is 0 Å². The number of carboxylic acids is 2. The van der Waals surface area contributed by atoms with E-state index in [0.717, 1.165) is 18.2 Å². The number of hydrogen-bond donors (Lipinski definition) is 9. The lowest BCUT2D eigenvalue weighted by molar-refractivity contribution is -0.271. The molecule has 2 aromatic carbocycles. The standard InChI is InChI=1S/C28H28O18/c1-41-12-3-2-8(4-14(12)44-28-22(36)18(32)20(34)24(46-28)26(39)40)13-7-11(30)16-10(29)5-9(6-15(16)43-13)42-27-21(35)17(31)19(33)23(45-27)25(37)38/h2-7,17-24,27-29,31-36H,1H3,(H,37,38)(H,39,40)/t17-,18-,19-,20-,21+,22+,23-,24-,27+,28+/m0/s1. The Hall–Kier alpha value is -4.53. The zero-order valence-electron chi connectivity index (χ0n) is 23.4. The molecular formula is C28H28O18. The molecule has 9 N–H and O–H groups in total. The fraction of sp³-hybridized carbons (Fsp3) is 0.393. The van der Waals surface area contributed by atoms with E-state index >= 15 is 0 Å². The number of rotatable bonds is 8. The second-order valence-electron chi connectivity index (χ2n) is 10.4. The van der Waals surface area contributed by atoms with Crippen molar-refractivity contribution in [1.82, 2.24) is 0 Å². The summed E-state index contributed by atoms with van der Waals surface area (Å²) in [4.78, 5) is 35.9. The molecule has 0 unspecified atom stereocenters. The van der Waals surface area contributed by atoms with Crippen molar-refractivity contribution >= 4 is 22.9 Å². The number of carbonyl (C=O) groups is 2. The Morgan fingerprint density at radius 3 is 1.83 bits per heavy atom. The Kier molecular flexibility index (Phi) is 9.07. The SMILES string of the molecule is COc1ccc(-c2cc(=O)c3c(O)cc(O[C@@H]4O[C@H](C(=O)O)[C@@H](O)[C@H](O)[C@H]4O)cc3o2)cc1O[C@@H]1O[C@H](C(=O)O)[C@@H](O)[C@H](O)[C@H]1O. The molecule has 0 saturated carbocycles. The van der Waals surface area contributed by atoms with Crippen LogP contribution < -0.4 is 19.6 Å². The number of aromatic hydroxyl groups is 1. The molecule has 3 heterocycles. The van der Waals surface area contributed by atoms with E-state index in [-0.39, 0.29) is 39.5 Å². The molecule has 1 aromatic heterocycles. The summed E-state index contributed by atoms with van der Waals surface area (Å²) in [7, 11) is 1.27. The van der Waals surface area contributed by atoms with Gasteiger partial charge < -0.3 is 74.1 Å². The van der Waals surface area contributed by atoms with Gasteiger partial charge in [0, 0.05) is 23.8 Å². The molecular weight excluding hydrogens is 624 g/mol. The molecule has 18 nitrogen and oxygen atoms in total. The first kappa shape index (κ1) is 32.9. The van der Waals surface area contributed by atoms with Gasteiger partial charge in [-0.05, 0) is 18.2 Å². The van der Waals surface area contributed by atoms with Crippen molar-refractivity contribution < 1.29 is 83.6 Å². The molecule has 18 heteroatoms. The summed E-state index contributed by atoms with van der Waals surface area (Å²) >= 11 is 0. The first-order chi connectivity index (χ1) is 21.7. The van der Waals surface area contributed by atoms with Crippen LogP contribution >= 0.6 is 0 Å². The third-order valence-corrected chi connectivity index (χ3v) is 7.35. The smallest absolute Gasteiger partial charge is 0.335 e. The predicted octanol–water partition coefficient (Wildman–Crippen LogP) is -2.28. The molecule has 3 aromatic rings. The van der Waals surface area contributed by atoms with E-state index in [1.165, 1.54) is 25.3 Å².